The van der Waals surface area contributed by atoms with Gasteiger partial charge in [0.05, 0.1) is 80.9 Å². The van der Waals surface area contributed by atoms with Gasteiger partial charge in [-0.15, -0.1) is 0 Å². The second-order valence-corrected chi connectivity index (χ2v) is 25.7. The Morgan fingerprint density at radius 2 is 0.611 bits per heavy atom. The van der Waals surface area contributed by atoms with Crippen molar-refractivity contribution in [2.75, 3.05) is 9.80 Å². The molecule has 0 atom stereocenters. The third-order valence-corrected chi connectivity index (χ3v) is 18.5. The van der Waals surface area contributed by atoms with Crippen LogP contribution in [-0.2, 0) is 10.8 Å². The molecule has 4 heterocycles. The van der Waals surface area contributed by atoms with Crippen LogP contribution < -0.4 is 9.80 Å². The number of hydrogen-bond donors (Lipinski definition) is 0. The molecule has 0 fully saturated rings. The van der Waals surface area contributed by atoms with Crippen LogP contribution in [0.5, 0.6) is 0 Å². The van der Waals surface area contributed by atoms with Crippen molar-refractivity contribution in [2.24, 2.45) is 0 Å². The third-order valence-electron chi connectivity index (χ3n) is 18.5. The average molecular weight is 1170 g/mol. The fraction of sp³-hybridized carbons (Fsp3) is 0.0930. The van der Waals surface area contributed by atoms with E-state index < -0.39 is 36.3 Å². The summed E-state index contributed by atoms with van der Waals surface area (Å²) in [6.07, 6.45) is 0. The lowest BCUT2D eigenvalue weighted by molar-refractivity contribution is 0.591. The summed E-state index contributed by atoms with van der Waals surface area (Å²) in [6.45, 7) is 13.4. The molecule has 0 saturated carbocycles. The van der Waals surface area contributed by atoms with E-state index in [4.69, 9.17) is 8.22 Å². The van der Waals surface area contributed by atoms with Gasteiger partial charge in [-0.2, -0.15) is 0 Å². The van der Waals surface area contributed by atoms with E-state index in [9.17, 15) is 5.48 Å². The Hall–Kier alpha value is -10.9. The Morgan fingerprint density at radius 1 is 0.278 bits per heavy atom. The molecule has 0 unspecified atom stereocenters. The Balaban J connectivity index is 0.989. The Kier molecular flexibility index (Phi) is 9.85. The first-order valence-electron chi connectivity index (χ1n) is 35.8. The molecule has 0 radical (unpaired) electrons. The first-order valence-corrected chi connectivity index (χ1v) is 30.8. The fourth-order valence-electron chi connectivity index (χ4n) is 14.2. The Bertz CT molecular complexity index is 5820. The number of aromatic nitrogens is 2. The highest BCUT2D eigenvalue weighted by atomic mass is 15.2. The number of anilines is 6. The molecule has 4 heteroatoms. The van der Waals surface area contributed by atoms with Gasteiger partial charge >= 0.3 is 0 Å². The van der Waals surface area contributed by atoms with E-state index in [1.165, 1.54) is 0 Å². The molecule has 17 aromatic rings. The minimum Gasteiger partial charge on any atom is -0.309 e. The second-order valence-electron chi connectivity index (χ2n) is 25.7. The maximum Gasteiger partial charge on any atom is 0.0641 e. The predicted octanol–water partition coefficient (Wildman–Crippen LogP) is 24.2. The zero-order valence-electron chi connectivity index (χ0n) is 60.7. The number of nitrogens with zero attached hydrogens (tertiary/aromatic N) is 4. The van der Waals surface area contributed by atoms with E-state index in [1.807, 2.05) is 109 Å². The van der Waals surface area contributed by atoms with Gasteiger partial charge in [0.1, 0.15) is 0 Å². The topological polar surface area (TPSA) is 15.3 Å². The molecule has 90 heavy (non-hydrogen) atoms. The van der Waals surface area contributed by atoms with Gasteiger partial charge in [0.2, 0.25) is 0 Å². The largest absolute Gasteiger partial charge is 0.309 e. The summed E-state index contributed by atoms with van der Waals surface area (Å²) in [5.74, 6) is 0. The molecule has 0 aliphatic carbocycles. The lowest BCUT2D eigenvalue weighted by atomic mass is 9.86. The van der Waals surface area contributed by atoms with Gasteiger partial charge in [-0.1, -0.05) is 260 Å². The van der Waals surface area contributed by atoms with E-state index in [0.29, 0.717) is 22.5 Å². The molecular weight excluding hydrogens is 1090 g/mol. The lowest BCUT2D eigenvalue weighted by Crippen LogP contribution is -2.13. The van der Waals surface area contributed by atoms with Crippen LogP contribution in [-0.4, -0.2) is 8.80 Å². The van der Waals surface area contributed by atoms with Crippen molar-refractivity contribution in [2.45, 2.75) is 52.4 Å². The van der Waals surface area contributed by atoms with Crippen LogP contribution in [0, 0.1) is 0 Å². The molecular formula is C86H66N4. The van der Waals surface area contributed by atoms with Crippen molar-refractivity contribution in [1.82, 2.24) is 8.80 Å². The van der Waals surface area contributed by atoms with E-state index in [1.54, 1.807) is 0 Å². The van der Waals surface area contributed by atoms with Crippen molar-refractivity contribution in [3.8, 4) is 44.5 Å². The molecule has 13 aromatic carbocycles. The normalized spacial score (nSPS) is 13.9. The third kappa shape index (κ3) is 8.21. The summed E-state index contributed by atoms with van der Waals surface area (Å²) in [4.78, 5) is 4.47. The SMILES string of the molecule is [2H]c1c([2H])c([2H])c(-c2ccccc2N(c2ccccc2-c2ccccc2)c2ccc3c4cc5c(cc4n4c6ccc(C(C)(C)C)cc6c2c34)c2ccc(N(c3ccccc3-c3ccccc3)c3ccccc3-c3c([2H])c([2H])c([2H])c([2H])c3[2H])c3c4cc(C(C)(C)C)ccc4n5c23)c([2H])c1[2H]. The molecule has 0 aliphatic rings. The number of rotatable bonds is 10. The van der Waals surface area contributed by atoms with Crippen molar-refractivity contribution in [1.29, 1.82) is 0 Å². The number of para-hydroxylation sites is 4. The van der Waals surface area contributed by atoms with E-state index in [-0.39, 0.29) is 46.1 Å². The lowest BCUT2D eigenvalue weighted by Gasteiger charge is -2.30. The van der Waals surface area contributed by atoms with Crippen LogP contribution in [0.15, 0.2) is 291 Å². The predicted molar refractivity (Wildman–Crippen MR) is 384 cm³/mol. The van der Waals surface area contributed by atoms with Gasteiger partial charge in [-0.05, 0) is 117 Å². The van der Waals surface area contributed by atoms with E-state index in [2.05, 4.69) is 181 Å². The number of fused-ring (bicyclic) bond motifs is 12. The van der Waals surface area contributed by atoms with Crippen molar-refractivity contribution >= 4 is 110 Å². The summed E-state index contributed by atoms with van der Waals surface area (Å²) in [6, 6.07) is 76.1. The smallest absolute Gasteiger partial charge is 0.0641 e. The van der Waals surface area contributed by atoms with Crippen molar-refractivity contribution in [3.63, 3.8) is 0 Å². The molecule has 4 aromatic heterocycles. The van der Waals surface area contributed by atoms with Gasteiger partial charge in [0.15, 0.2) is 0 Å². The molecule has 0 bridgehead atoms. The number of hydrogen-bond acceptors (Lipinski definition) is 2. The quantitative estimate of drug-likeness (QED) is 0.136. The van der Waals surface area contributed by atoms with Gasteiger partial charge in [0.25, 0.3) is 0 Å². The van der Waals surface area contributed by atoms with Crippen molar-refractivity contribution in [3.05, 3.63) is 302 Å². The molecule has 4 nitrogen and oxygen atoms in total. The Morgan fingerprint density at radius 3 is 0.967 bits per heavy atom. The molecule has 0 N–H and O–H groups in total. The molecule has 430 valence electrons. The van der Waals surface area contributed by atoms with Crippen LogP contribution in [0.3, 0.4) is 0 Å². The molecule has 0 amide bonds. The van der Waals surface area contributed by atoms with Crippen LogP contribution in [0.1, 0.15) is 66.4 Å². The maximum atomic E-state index is 9.42. The van der Waals surface area contributed by atoms with Gasteiger partial charge < -0.3 is 18.6 Å². The molecule has 0 aliphatic heterocycles. The van der Waals surface area contributed by atoms with Crippen LogP contribution in [0.2, 0.25) is 0 Å². The first-order chi connectivity index (χ1) is 48.1. The molecule has 0 saturated heterocycles. The van der Waals surface area contributed by atoms with Crippen LogP contribution >= 0.6 is 0 Å². The Labute approximate surface area is 539 Å². The fourth-order valence-corrected chi connectivity index (χ4v) is 14.2. The average Bonchev–Trinajstić information content (AvgIpc) is 1.51. The van der Waals surface area contributed by atoms with Crippen LogP contribution in [0.4, 0.5) is 34.1 Å². The van der Waals surface area contributed by atoms with Gasteiger partial charge in [0, 0.05) is 65.3 Å². The summed E-state index contributed by atoms with van der Waals surface area (Å²) in [7, 11) is 0. The second kappa shape index (κ2) is 20.3. The zero-order valence-corrected chi connectivity index (χ0v) is 50.7. The molecule has 0 spiro atoms. The minimum absolute atomic E-state index is 0.108. The summed E-state index contributed by atoms with van der Waals surface area (Å²) in [5, 5.41) is 8.20. The summed E-state index contributed by atoms with van der Waals surface area (Å²) < 4.78 is 95.5. The number of benzene rings is 13. The maximum absolute atomic E-state index is 9.42. The van der Waals surface area contributed by atoms with E-state index in [0.717, 1.165) is 132 Å². The first kappa shape index (κ1) is 43.6. The summed E-state index contributed by atoms with van der Waals surface area (Å²) >= 11 is 0. The van der Waals surface area contributed by atoms with E-state index >= 15 is 0 Å². The zero-order chi connectivity index (χ0) is 69.3. The standard InChI is InChI=1S/C86H66N4/c1-85(2,3)59-43-47-75-69(51-59)81-77(87(71-39-23-19-35-61(71)55-27-11-7-12-28-55)72-40-24-20-36-62(72)56-29-13-8-14-30-56)49-45-65-67-54-80-68(53-79(67)89(75)83(65)81)66-46-50-78(82-70-52-60(86(4,5)6)44-48-76(70)90(80)84(66)82)88(73-41-25-21-37-63(73)57-31-15-9-16-32-57)74-42-26-22-38-64(74)58-33-17-10-18-34-58/h7-54H,1-6H3/i7D,9D,11D,12D,15D,16D,27D,28D,31D,32D. The molecule has 17 rings (SSSR count). The van der Waals surface area contributed by atoms with Crippen LogP contribution in [0.25, 0.3) is 121 Å². The van der Waals surface area contributed by atoms with Gasteiger partial charge in [-0.3, -0.25) is 0 Å². The highest BCUT2D eigenvalue weighted by Crippen LogP contribution is 2.55. The monoisotopic (exact) mass is 1160 g/mol. The van der Waals surface area contributed by atoms with Gasteiger partial charge in [-0.25, -0.2) is 0 Å². The summed E-state index contributed by atoms with van der Waals surface area (Å²) in [5.41, 5.74) is 17.5. The highest BCUT2D eigenvalue weighted by molar-refractivity contribution is 6.32. The highest BCUT2D eigenvalue weighted by Gasteiger charge is 2.32. The van der Waals surface area contributed by atoms with Crippen molar-refractivity contribution < 1.29 is 13.7 Å². The minimum atomic E-state index is -0.453.